The molecule has 2 aromatic rings. The smallest absolute Gasteiger partial charge is 0.339 e. The molecule has 0 aromatic carbocycles. The van der Waals surface area contributed by atoms with Crippen molar-refractivity contribution < 1.29 is 9.90 Å². The van der Waals surface area contributed by atoms with Crippen molar-refractivity contribution in [2.24, 2.45) is 0 Å². The first kappa shape index (κ1) is 13.3. The fraction of sp³-hybridized carbons (Fsp3) is 0.333. The van der Waals surface area contributed by atoms with Gasteiger partial charge in [0.25, 0.3) is 0 Å². The third kappa shape index (κ3) is 2.81. The molecule has 6 heteroatoms. The van der Waals surface area contributed by atoms with Crippen LogP contribution in [0.25, 0.3) is 10.6 Å². The van der Waals surface area contributed by atoms with Gasteiger partial charge in [-0.25, -0.2) is 4.79 Å². The van der Waals surface area contributed by atoms with Gasteiger partial charge in [-0.2, -0.15) is 5.10 Å². The Morgan fingerprint density at radius 1 is 1.56 bits per heavy atom. The first-order valence-corrected chi connectivity index (χ1v) is 7.29. The Hall–Kier alpha value is -1.14. The monoisotopic (exact) mass is 328 g/mol. The summed E-state index contributed by atoms with van der Waals surface area (Å²) in [5.74, 6) is -0.933. The van der Waals surface area contributed by atoms with Crippen LogP contribution in [0.3, 0.4) is 0 Å². The van der Waals surface area contributed by atoms with Crippen molar-refractivity contribution in [1.29, 1.82) is 0 Å². The lowest BCUT2D eigenvalue weighted by Gasteiger charge is -1.97. The van der Waals surface area contributed by atoms with Gasteiger partial charge in [-0.05, 0) is 34.5 Å². The van der Waals surface area contributed by atoms with E-state index in [0.717, 1.165) is 28.0 Å². The number of aryl methyl sites for hydroxylation is 1. The van der Waals surface area contributed by atoms with Gasteiger partial charge < -0.3 is 5.11 Å². The maximum absolute atomic E-state index is 11.2. The zero-order valence-electron chi connectivity index (χ0n) is 9.89. The van der Waals surface area contributed by atoms with Crippen molar-refractivity contribution in [1.82, 2.24) is 9.78 Å². The summed E-state index contributed by atoms with van der Waals surface area (Å²) in [6.45, 7) is 2.85. The van der Waals surface area contributed by atoms with Gasteiger partial charge in [0.2, 0.25) is 0 Å². The van der Waals surface area contributed by atoms with Crippen molar-refractivity contribution in [2.75, 3.05) is 0 Å². The first-order chi connectivity index (χ1) is 8.61. The highest BCUT2D eigenvalue weighted by molar-refractivity contribution is 9.11. The minimum absolute atomic E-state index is 0.264. The van der Waals surface area contributed by atoms with Crippen LogP contribution in [-0.4, -0.2) is 20.9 Å². The van der Waals surface area contributed by atoms with Crippen molar-refractivity contribution >= 4 is 33.2 Å². The third-order valence-corrected chi connectivity index (χ3v) is 4.17. The van der Waals surface area contributed by atoms with Gasteiger partial charge in [0.05, 0.1) is 8.66 Å². The zero-order chi connectivity index (χ0) is 13.1. The third-order valence-electron chi connectivity index (χ3n) is 2.54. The number of carboxylic acid groups (broad SMARTS) is 1. The molecule has 4 nitrogen and oxygen atoms in total. The lowest BCUT2D eigenvalue weighted by molar-refractivity contribution is 0.0697. The van der Waals surface area contributed by atoms with E-state index in [1.807, 2.05) is 12.1 Å². The summed E-state index contributed by atoms with van der Waals surface area (Å²) in [5, 5.41) is 13.6. The predicted octanol–water partition coefficient (Wildman–Crippen LogP) is 3.87. The molecule has 0 radical (unpaired) electrons. The molecule has 0 saturated carbocycles. The molecule has 2 aromatic heterocycles. The van der Waals surface area contributed by atoms with Crippen molar-refractivity contribution in [3.05, 3.63) is 27.7 Å². The van der Waals surface area contributed by atoms with E-state index < -0.39 is 5.97 Å². The van der Waals surface area contributed by atoms with Gasteiger partial charge in [0, 0.05) is 12.7 Å². The Bertz CT molecular complexity index is 562. The molecule has 1 N–H and O–H groups in total. The Morgan fingerprint density at radius 2 is 2.33 bits per heavy atom. The van der Waals surface area contributed by atoms with Crippen LogP contribution in [0, 0.1) is 0 Å². The number of halogens is 1. The summed E-state index contributed by atoms with van der Waals surface area (Å²) in [6.07, 6.45) is 3.66. The zero-order valence-corrected chi connectivity index (χ0v) is 12.3. The number of hydrogen-bond acceptors (Lipinski definition) is 3. The van der Waals surface area contributed by atoms with Crippen molar-refractivity contribution in [3.63, 3.8) is 0 Å². The largest absolute Gasteiger partial charge is 0.478 e. The summed E-state index contributed by atoms with van der Waals surface area (Å²) in [6, 6.07) is 3.78. The second-order valence-electron chi connectivity index (χ2n) is 3.92. The van der Waals surface area contributed by atoms with Crippen LogP contribution in [0.5, 0.6) is 0 Å². The van der Waals surface area contributed by atoms with Gasteiger partial charge >= 0.3 is 5.97 Å². The molecule has 0 aliphatic carbocycles. The fourth-order valence-electron chi connectivity index (χ4n) is 1.64. The lowest BCUT2D eigenvalue weighted by atomic mass is 10.2. The number of aromatic nitrogens is 2. The molecule has 2 heterocycles. The van der Waals surface area contributed by atoms with Crippen LogP contribution in [0.2, 0.25) is 0 Å². The Balaban J connectivity index is 2.38. The van der Waals surface area contributed by atoms with E-state index in [0.29, 0.717) is 5.69 Å². The van der Waals surface area contributed by atoms with E-state index in [2.05, 4.69) is 28.0 Å². The summed E-state index contributed by atoms with van der Waals surface area (Å²) in [4.78, 5) is 12.1. The predicted molar refractivity (Wildman–Crippen MR) is 75.1 cm³/mol. The normalized spacial score (nSPS) is 10.8. The van der Waals surface area contributed by atoms with Crippen molar-refractivity contribution in [3.8, 4) is 10.6 Å². The van der Waals surface area contributed by atoms with Crippen LogP contribution < -0.4 is 0 Å². The Labute approximate surface area is 117 Å². The fourth-order valence-corrected chi connectivity index (χ4v) is 3.02. The first-order valence-electron chi connectivity index (χ1n) is 5.68. The second-order valence-corrected chi connectivity index (χ2v) is 6.38. The number of carboxylic acids is 1. The number of thiophene rings is 1. The number of aromatic carboxylic acids is 1. The average Bonchev–Trinajstić information content (AvgIpc) is 2.92. The summed E-state index contributed by atoms with van der Waals surface area (Å²) in [5.41, 5.74) is 0.815. The van der Waals surface area contributed by atoms with Gasteiger partial charge in [0.15, 0.2) is 0 Å². The lowest BCUT2D eigenvalue weighted by Crippen LogP contribution is -1.98. The Kier molecular flexibility index (Phi) is 4.19. The molecule has 2 rings (SSSR count). The standard InChI is InChI=1S/C12H13BrN2O2S/c1-2-3-6-15-7-8(12(16)17)11(14-15)9-4-5-10(13)18-9/h4-5,7H,2-3,6H2,1H3,(H,16,17). The average molecular weight is 329 g/mol. The SMILES string of the molecule is CCCCn1cc(C(=O)O)c(-c2ccc(Br)s2)n1. The molecular weight excluding hydrogens is 316 g/mol. The number of carbonyl (C=O) groups is 1. The molecule has 0 aliphatic heterocycles. The molecule has 0 spiro atoms. The highest BCUT2D eigenvalue weighted by Gasteiger charge is 2.18. The number of hydrogen-bond donors (Lipinski definition) is 1. The van der Waals surface area contributed by atoms with E-state index in [-0.39, 0.29) is 5.56 Å². The quantitative estimate of drug-likeness (QED) is 0.906. The number of nitrogens with zero attached hydrogens (tertiary/aromatic N) is 2. The molecule has 18 heavy (non-hydrogen) atoms. The minimum Gasteiger partial charge on any atom is -0.478 e. The summed E-state index contributed by atoms with van der Waals surface area (Å²) >= 11 is 4.86. The molecule has 0 saturated heterocycles. The van der Waals surface area contributed by atoms with Gasteiger partial charge in [0.1, 0.15) is 11.3 Å². The van der Waals surface area contributed by atoms with E-state index in [9.17, 15) is 9.90 Å². The van der Waals surface area contributed by atoms with E-state index in [1.165, 1.54) is 11.3 Å². The van der Waals surface area contributed by atoms with E-state index in [1.54, 1.807) is 10.9 Å². The van der Waals surface area contributed by atoms with Crippen LogP contribution >= 0.6 is 27.3 Å². The molecule has 0 unspecified atom stereocenters. The number of rotatable bonds is 5. The highest BCUT2D eigenvalue weighted by atomic mass is 79.9. The summed E-state index contributed by atoms with van der Waals surface area (Å²) in [7, 11) is 0. The van der Waals surface area contributed by atoms with Crippen molar-refractivity contribution in [2.45, 2.75) is 26.3 Å². The molecular formula is C12H13BrN2O2S. The molecule has 0 aliphatic rings. The van der Waals surface area contributed by atoms with Gasteiger partial charge in [-0.15, -0.1) is 11.3 Å². The second kappa shape index (κ2) is 5.67. The van der Waals surface area contributed by atoms with E-state index >= 15 is 0 Å². The Morgan fingerprint density at radius 3 is 2.89 bits per heavy atom. The molecule has 0 amide bonds. The highest BCUT2D eigenvalue weighted by Crippen LogP contribution is 2.32. The van der Waals surface area contributed by atoms with Crippen LogP contribution in [0.1, 0.15) is 30.1 Å². The van der Waals surface area contributed by atoms with Crippen LogP contribution in [0.15, 0.2) is 22.1 Å². The molecule has 0 bridgehead atoms. The molecule has 96 valence electrons. The minimum atomic E-state index is -0.933. The number of unbranched alkanes of at least 4 members (excludes halogenated alkanes) is 1. The summed E-state index contributed by atoms with van der Waals surface area (Å²) < 4.78 is 2.69. The molecule has 0 atom stereocenters. The van der Waals surface area contributed by atoms with Gasteiger partial charge in [-0.1, -0.05) is 13.3 Å². The topological polar surface area (TPSA) is 55.1 Å². The maximum atomic E-state index is 11.2. The van der Waals surface area contributed by atoms with E-state index in [4.69, 9.17) is 0 Å². The van der Waals surface area contributed by atoms with Crippen LogP contribution in [-0.2, 0) is 6.54 Å². The van der Waals surface area contributed by atoms with Gasteiger partial charge in [-0.3, -0.25) is 4.68 Å². The maximum Gasteiger partial charge on any atom is 0.339 e. The van der Waals surface area contributed by atoms with Crippen LogP contribution in [0.4, 0.5) is 0 Å². The molecule has 0 fully saturated rings.